The highest BCUT2D eigenvalue weighted by molar-refractivity contribution is 7.80. The first-order chi connectivity index (χ1) is 9.25. The van der Waals surface area contributed by atoms with Crippen LogP contribution in [0, 0.1) is 0 Å². The minimum atomic E-state index is 0.123. The molecule has 4 nitrogen and oxygen atoms in total. The summed E-state index contributed by atoms with van der Waals surface area (Å²) in [5.74, 6) is 1.48. The molecule has 0 aliphatic carbocycles. The first-order valence-electron chi connectivity index (χ1n) is 5.66. The number of benzene rings is 2. The van der Waals surface area contributed by atoms with Crippen LogP contribution in [0.5, 0.6) is 11.5 Å². The van der Waals surface area contributed by atoms with E-state index in [1.54, 1.807) is 6.21 Å². The molecule has 0 bridgehead atoms. The molecule has 0 saturated carbocycles. The molecule has 3 N–H and O–H groups in total. The van der Waals surface area contributed by atoms with Crippen molar-refractivity contribution in [3.8, 4) is 11.5 Å². The lowest BCUT2D eigenvalue weighted by Gasteiger charge is -2.08. The fraction of sp³-hybridized carbons (Fsp3) is 0. The van der Waals surface area contributed by atoms with E-state index in [4.69, 9.17) is 10.5 Å². The zero-order valence-corrected chi connectivity index (χ0v) is 10.9. The molecule has 0 aliphatic rings. The smallest absolute Gasteiger partial charge is 0.184 e. The molecule has 0 amide bonds. The lowest BCUT2D eigenvalue weighted by molar-refractivity contribution is 0.482. The van der Waals surface area contributed by atoms with Crippen LogP contribution in [0.15, 0.2) is 59.7 Å². The molecule has 2 aromatic carbocycles. The van der Waals surface area contributed by atoms with Crippen LogP contribution < -0.4 is 15.9 Å². The quantitative estimate of drug-likeness (QED) is 0.510. The molecule has 0 aliphatic heterocycles. The van der Waals surface area contributed by atoms with Gasteiger partial charge in [-0.1, -0.05) is 30.3 Å². The summed E-state index contributed by atoms with van der Waals surface area (Å²) in [5.41, 5.74) is 8.63. The van der Waals surface area contributed by atoms with E-state index in [-0.39, 0.29) is 5.11 Å². The number of nitrogens with one attached hydrogen (secondary N) is 1. The molecule has 0 radical (unpaired) electrons. The normalized spacial score (nSPS) is 10.3. The number of ether oxygens (including phenoxy) is 1. The SMILES string of the molecule is NC(=S)NN=Cc1ccccc1Oc1ccccc1. The topological polar surface area (TPSA) is 59.6 Å². The lowest BCUT2D eigenvalue weighted by atomic mass is 10.2. The molecule has 0 fully saturated rings. The summed E-state index contributed by atoms with van der Waals surface area (Å²) in [6.45, 7) is 0. The highest BCUT2D eigenvalue weighted by Crippen LogP contribution is 2.23. The summed E-state index contributed by atoms with van der Waals surface area (Å²) in [6, 6.07) is 17.1. The number of hydrogen-bond acceptors (Lipinski definition) is 3. The van der Waals surface area contributed by atoms with E-state index in [9.17, 15) is 0 Å². The average Bonchev–Trinajstić information content (AvgIpc) is 2.41. The van der Waals surface area contributed by atoms with Crippen molar-refractivity contribution in [2.75, 3.05) is 0 Å². The predicted molar refractivity (Wildman–Crippen MR) is 80.5 cm³/mol. The Morgan fingerprint density at radius 3 is 2.53 bits per heavy atom. The maximum Gasteiger partial charge on any atom is 0.184 e. The summed E-state index contributed by atoms with van der Waals surface area (Å²) in [4.78, 5) is 0. The Bertz CT molecular complexity index is 584. The van der Waals surface area contributed by atoms with Crippen molar-refractivity contribution < 1.29 is 4.74 Å². The number of rotatable bonds is 4. The third-order valence-electron chi connectivity index (χ3n) is 2.27. The van der Waals surface area contributed by atoms with E-state index in [0.717, 1.165) is 11.3 Å². The first-order valence-corrected chi connectivity index (χ1v) is 6.07. The predicted octanol–water partition coefficient (Wildman–Crippen LogP) is 2.65. The Hall–Kier alpha value is -2.40. The molecule has 0 saturated heterocycles. The molecular weight excluding hydrogens is 258 g/mol. The fourth-order valence-corrected chi connectivity index (χ4v) is 1.51. The number of nitrogens with two attached hydrogens (primary N) is 1. The highest BCUT2D eigenvalue weighted by atomic mass is 32.1. The molecule has 0 aromatic heterocycles. The van der Waals surface area contributed by atoms with E-state index in [2.05, 4.69) is 22.7 Å². The summed E-state index contributed by atoms with van der Waals surface area (Å²) in [6.07, 6.45) is 1.61. The number of thiocarbonyl (C=S) groups is 1. The van der Waals surface area contributed by atoms with E-state index >= 15 is 0 Å². The van der Waals surface area contributed by atoms with Crippen molar-refractivity contribution in [1.82, 2.24) is 5.43 Å². The third kappa shape index (κ3) is 4.08. The second kappa shape index (κ2) is 6.51. The van der Waals surface area contributed by atoms with Gasteiger partial charge in [-0.25, -0.2) is 0 Å². The zero-order chi connectivity index (χ0) is 13.5. The number of hydrogen-bond donors (Lipinski definition) is 2. The second-order valence-corrected chi connectivity index (χ2v) is 4.13. The summed E-state index contributed by atoms with van der Waals surface area (Å²) in [5, 5.41) is 4.05. The van der Waals surface area contributed by atoms with Gasteiger partial charge in [0, 0.05) is 5.56 Å². The Kier molecular flexibility index (Phi) is 4.47. The van der Waals surface area contributed by atoms with Crippen LogP contribution in [0.1, 0.15) is 5.56 Å². The average molecular weight is 271 g/mol. The molecule has 96 valence electrons. The number of para-hydroxylation sites is 2. The van der Waals surface area contributed by atoms with Crippen LogP contribution in [0.3, 0.4) is 0 Å². The maximum absolute atomic E-state index is 5.78. The lowest BCUT2D eigenvalue weighted by Crippen LogP contribution is -2.24. The van der Waals surface area contributed by atoms with Gasteiger partial charge in [-0.2, -0.15) is 5.10 Å². The van der Waals surface area contributed by atoms with Gasteiger partial charge in [-0.3, -0.25) is 5.43 Å². The van der Waals surface area contributed by atoms with Crippen molar-refractivity contribution in [3.05, 3.63) is 60.2 Å². The highest BCUT2D eigenvalue weighted by Gasteiger charge is 2.01. The maximum atomic E-state index is 5.78. The first kappa shape index (κ1) is 13.0. The standard InChI is InChI=1S/C14H13N3OS/c15-14(19)17-16-10-11-6-4-5-9-13(11)18-12-7-2-1-3-8-12/h1-10H,(H3,15,17,19). The van der Waals surface area contributed by atoms with Gasteiger partial charge < -0.3 is 10.5 Å². The van der Waals surface area contributed by atoms with Crippen molar-refractivity contribution >= 4 is 23.5 Å². The Morgan fingerprint density at radius 1 is 1.11 bits per heavy atom. The minimum Gasteiger partial charge on any atom is -0.457 e. The van der Waals surface area contributed by atoms with E-state index in [0.29, 0.717) is 5.75 Å². The molecule has 2 rings (SSSR count). The molecule has 0 spiro atoms. The summed E-state index contributed by atoms with van der Waals surface area (Å²) < 4.78 is 5.78. The van der Waals surface area contributed by atoms with Crippen LogP contribution in [-0.4, -0.2) is 11.3 Å². The van der Waals surface area contributed by atoms with Gasteiger partial charge in [-0.05, 0) is 36.5 Å². The molecule has 5 heteroatoms. The van der Waals surface area contributed by atoms with Gasteiger partial charge in [0.15, 0.2) is 5.11 Å². The van der Waals surface area contributed by atoms with Crippen molar-refractivity contribution in [3.63, 3.8) is 0 Å². The molecule has 2 aromatic rings. The van der Waals surface area contributed by atoms with Crippen molar-refractivity contribution in [2.45, 2.75) is 0 Å². The molecule has 0 heterocycles. The van der Waals surface area contributed by atoms with Gasteiger partial charge in [0.1, 0.15) is 11.5 Å². The third-order valence-corrected chi connectivity index (χ3v) is 2.36. The molecule has 0 unspecified atom stereocenters. The van der Waals surface area contributed by atoms with Gasteiger partial charge in [-0.15, -0.1) is 0 Å². The largest absolute Gasteiger partial charge is 0.457 e. The van der Waals surface area contributed by atoms with E-state index in [1.807, 2.05) is 54.6 Å². The van der Waals surface area contributed by atoms with Crippen molar-refractivity contribution in [1.29, 1.82) is 0 Å². The number of nitrogens with zero attached hydrogens (tertiary/aromatic N) is 1. The summed E-state index contributed by atoms with van der Waals surface area (Å²) in [7, 11) is 0. The van der Waals surface area contributed by atoms with E-state index in [1.165, 1.54) is 0 Å². The van der Waals surface area contributed by atoms with Crippen LogP contribution in [-0.2, 0) is 0 Å². The van der Waals surface area contributed by atoms with Gasteiger partial charge >= 0.3 is 0 Å². The molecule has 19 heavy (non-hydrogen) atoms. The molecular formula is C14H13N3OS. The van der Waals surface area contributed by atoms with Crippen molar-refractivity contribution in [2.24, 2.45) is 10.8 Å². The zero-order valence-electron chi connectivity index (χ0n) is 10.1. The Labute approximate surface area is 116 Å². The Balaban J connectivity index is 2.17. The Morgan fingerprint density at radius 2 is 1.79 bits per heavy atom. The van der Waals surface area contributed by atoms with Gasteiger partial charge in [0.25, 0.3) is 0 Å². The summed E-state index contributed by atoms with van der Waals surface area (Å²) >= 11 is 4.67. The second-order valence-electron chi connectivity index (χ2n) is 3.69. The fourth-order valence-electron chi connectivity index (χ4n) is 1.46. The van der Waals surface area contributed by atoms with Gasteiger partial charge in [0.05, 0.1) is 6.21 Å². The van der Waals surface area contributed by atoms with Crippen LogP contribution >= 0.6 is 12.2 Å². The van der Waals surface area contributed by atoms with Crippen LogP contribution in [0.2, 0.25) is 0 Å². The van der Waals surface area contributed by atoms with Crippen LogP contribution in [0.4, 0.5) is 0 Å². The van der Waals surface area contributed by atoms with Gasteiger partial charge in [0.2, 0.25) is 0 Å². The monoisotopic (exact) mass is 271 g/mol. The van der Waals surface area contributed by atoms with Crippen LogP contribution in [0.25, 0.3) is 0 Å². The number of hydrazone groups is 1. The molecule has 0 atom stereocenters. The minimum absolute atomic E-state index is 0.123. The van der Waals surface area contributed by atoms with E-state index < -0.39 is 0 Å².